The van der Waals surface area contributed by atoms with Crippen LogP contribution in [0.25, 0.3) is 0 Å². The first kappa shape index (κ1) is 16.4. The Balaban J connectivity index is 2.96. The summed E-state index contributed by atoms with van der Waals surface area (Å²) in [6.45, 7) is 5.75. The minimum absolute atomic E-state index is 0.0530. The Morgan fingerprint density at radius 2 is 2.11 bits per heavy atom. The van der Waals surface area contributed by atoms with Crippen LogP contribution in [0.4, 0.5) is 0 Å². The fourth-order valence-corrected chi connectivity index (χ4v) is 3.83. The van der Waals surface area contributed by atoms with Gasteiger partial charge in [-0.1, -0.05) is 6.92 Å². The molecule has 0 aromatic rings. The molecule has 0 saturated carbocycles. The quantitative estimate of drug-likeness (QED) is 0.691. The van der Waals surface area contributed by atoms with E-state index in [-0.39, 0.29) is 25.8 Å². The van der Waals surface area contributed by atoms with Gasteiger partial charge in [0.1, 0.15) is 0 Å². The molecule has 1 aliphatic rings. The van der Waals surface area contributed by atoms with Gasteiger partial charge in [0.25, 0.3) is 10.2 Å². The van der Waals surface area contributed by atoms with Crippen molar-refractivity contribution in [3.63, 3.8) is 0 Å². The lowest BCUT2D eigenvalue weighted by atomic mass is 10.0. The standard InChI is InChI=1S/C11H22N2O5S/c1-4-5-13(19(16,17)12-8(2)3)10-7-18-6-9(10)11(14)15/h8-10,12H,4-7H2,1-3H3,(H,14,15). The molecule has 2 atom stereocenters. The highest BCUT2D eigenvalue weighted by atomic mass is 32.2. The number of carboxylic acids is 1. The van der Waals surface area contributed by atoms with E-state index in [1.165, 1.54) is 4.31 Å². The first-order valence-electron chi connectivity index (χ1n) is 6.39. The number of nitrogens with one attached hydrogen (secondary N) is 1. The van der Waals surface area contributed by atoms with Gasteiger partial charge in [0.15, 0.2) is 0 Å². The molecule has 0 radical (unpaired) electrons. The van der Waals surface area contributed by atoms with Crippen molar-refractivity contribution < 1.29 is 23.1 Å². The van der Waals surface area contributed by atoms with Crippen molar-refractivity contribution in [2.75, 3.05) is 19.8 Å². The number of hydrogen-bond donors (Lipinski definition) is 2. The second kappa shape index (κ2) is 6.65. The van der Waals surface area contributed by atoms with Crippen LogP contribution in [0, 0.1) is 5.92 Å². The maximum atomic E-state index is 12.3. The van der Waals surface area contributed by atoms with E-state index in [4.69, 9.17) is 9.84 Å². The Morgan fingerprint density at radius 1 is 1.47 bits per heavy atom. The lowest BCUT2D eigenvalue weighted by Gasteiger charge is -2.30. The van der Waals surface area contributed by atoms with E-state index in [1.807, 2.05) is 6.92 Å². The van der Waals surface area contributed by atoms with Crippen molar-refractivity contribution in [2.45, 2.75) is 39.3 Å². The van der Waals surface area contributed by atoms with E-state index in [9.17, 15) is 13.2 Å². The van der Waals surface area contributed by atoms with Crippen LogP contribution in [-0.2, 0) is 19.7 Å². The van der Waals surface area contributed by atoms with Gasteiger partial charge in [0.2, 0.25) is 0 Å². The van der Waals surface area contributed by atoms with Crippen molar-refractivity contribution in [3.8, 4) is 0 Å². The van der Waals surface area contributed by atoms with Crippen LogP contribution >= 0.6 is 0 Å². The normalized spacial score (nSPS) is 24.3. The van der Waals surface area contributed by atoms with Gasteiger partial charge >= 0.3 is 5.97 Å². The van der Waals surface area contributed by atoms with Gasteiger partial charge in [0, 0.05) is 12.6 Å². The lowest BCUT2D eigenvalue weighted by molar-refractivity contribution is -0.142. The van der Waals surface area contributed by atoms with Gasteiger partial charge in [-0.3, -0.25) is 4.79 Å². The molecule has 2 unspecified atom stereocenters. The number of aliphatic carboxylic acids is 1. The third-order valence-electron chi connectivity index (χ3n) is 2.87. The number of carboxylic acid groups (broad SMARTS) is 1. The molecule has 0 amide bonds. The molecule has 1 saturated heterocycles. The van der Waals surface area contributed by atoms with Crippen LogP contribution in [0.15, 0.2) is 0 Å². The zero-order valence-corrected chi connectivity index (χ0v) is 12.3. The molecule has 8 heteroatoms. The first-order valence-corrected chi connectivity index (χ1v) is 7.83. The van der Waals surface area contributed by atoms with Crippen LogP contribution in [0.5, 0.6) is 0 Å². The molecule has 0 bridgehead atoms. The molecule has 1 fully saturated rings. The highest BCUT2D eigenvalue weighted by molar-refractivity contribution is 7.87. The third kappa shape index (κ3) is 4.13. The summed E-state index contributed by atoms with van der Waals surface area (Å²) in [6, 6.07) is -0.886. The van der Waals surface area contributed by atoms with E-state index in [2.05, 4.69) is 4.72 Å². The number of hydrogen-bond acceptors (Lipinski definition) is 4. The maximum absolute atomic E-state index is 12.3. The van der Waals surface area contributed by atoms with Crippen LogP contribution in [0.2, 0.25) is 0 Å². The summed E-state index contributed by atoms with van der Waals surface area (Å²) in [4.78, 5) is 11.1. The van der Waals surface area contributed by atoms with Gasteiger partial charge in [-0.05, 0) is 20.3 Å². The third-order valence-corrected chi connectivity index (χ3v) is 4.72. The van der Waals surface area contributed by atoms with Gasteiger partial charge in [0.05, 0.1) is 25.2 Å². The fraction of sp³-hybridized carbons (Fsp3) is 0.909. The zero-order chi connectivity index (χ0) is 14.6. The molecule has 0 aromatic heterocycles. The van der Waals surface area contributed by atoms with Crippen LogP contribution < -0.4 is 4.72 Å². The number of ether oxygens (including phenoxy) is 1. The van der Waals surface area contributed by atoms with E-state index < -0.39 is 28.1 Å². The highest BCUT2D eigenvalue weighted by Crippen LogP contribution is 2.22. The van der Waals surface area contributed by atoms with E-state index in [0.29, 0.717) is 6.42 Å². The second-order valence-electron chi connectivity index (χ2n) is 4.94. The summed E-state index contributed by atoms with van der Waals surface area (Å²) >= 11 is 0. The largest absolute Gasteiger partial charge is 0.481 e. The predicted octanol–water partition coefficient (Wildman–Crippen LogP) is 0.0408. The average molecular weight is 294 g/mol. The molecule has 1 rings (SSSR count). The molecular weight excluding hydrogens is 272 g/mol. The van der Waals surface area contributed by atoms with Gasteiger partial charge in [-0.15, -0.1) is 0 Å². The van der Waals surface area contributed by atoms with Crippen molar-refractivity contribution in [1.82, 2.24) is 9.03 Å². The van der Waals surface area contributed by atoms with Gasteiger partial charge in [-0.2, -0.15) is 17.4 Å². The molecule has 112 valence electrons. The Labute approximate surface area is 114 Å². The molecule has 1 aliphatic heterocycles. The van der Waals surface area contributed by atoms with E-state index in [1.54, 1.807) is 13.8 Å². The zero-order valence-electron chi connectivity index (χ0n) is 11.5. The van der Waals surface area contributed by atoms with Gasteiger partial charge in [-0.25, -0.2) is 0 Å². The Kier molecular flexibility index (Phi) is 5.72. The molecule has 0 spiro atoms. The fourth-order valence-electron chi connectivity index (χ4n) is 2.11. The van der Waals surface area contributed by atoms with Crippen molar-refractivity contribution in [1.29, 1.82) is 0 Å². The predicted molar refractivity (Wildman–Crippen MR) is 69.9 cm³/mol. The SMILES string of the molecule is CCCN(C1COCC1C(=O)O)S(=O)(=O)NC(C)C. The second-order valence-corrected chi connectivity index (χ2v) is 6.59. The molecule has 7 nitrogen and oxygen atoms in total. The summed E-state index contributed by atoms with van der Waals surface area (Å²) < 4.78 is 33.4. The van der Waals surface area contributed by atoms with Gasteiger partial charge < -0.3 is 9.84 Å². The summed E-state index contributed by atoms with van der Waals surface area (Å²) in [5.41, 5.74) is 0. The molecule has 0 aromatic carbocycles. The Morgan fingerprint density at radius 3 is 2.58 bits per heavy atom. The number of carbonyl (C=O) groups is 1. The number of nitrogens with zero attached hydrogens (tertiary/aromatic N) is 1. The first-order chi connectivity index (χ1) is 8.79. The molecule has 2 N–H and O–H groups in total. The van der Waals surface area contributed by atoms with Crippen LogP contribution in [-0.4, -0.2) is 55.6 Å². The van der Waals surface area contributed by atoms with Crippen LogP contribution in [0.1, 0.15) is 27.2 Å². The Bertz CT molecular complexity index is 409. The van der Waals surface area contributed by atoms with Crippen molar-refractivity contribution >= 4 is 16.2 Å². The molecule has 19 heavy (non-hydrogen) atoms. The van der Waals surface area contributed by atoms with Crippen molar-refractivity contribution in [2.24, 2.45) is 5.92 Å². The average Bonchev–Trinajstić information content (AvgIpc) is 2.72. The smallest absolute Gasteiger partial charge is 0.310 e. The summed E-state index contributed by atoms with van der Waals surface area (Å²) in [7, 11) is -3.69. The summed E-state index contributed by atoms with van der Waals surface area (Å²) in [6.07, 6.45) is 0.613. The molecular formula is C11H22N2O5S. The molecule has 1 heterocycles. The topological polar surface area (TPSA) is 95.9 Å². The summed E-state index contributed by atoms with van der Waals surface area (Å²) in [5, 5.41) is 9.13. The minimum atomic E-state index is -3.69. The summed E-state index contributed by atoms with van der Waals surface area (Å²) in [5.74, 6) is -1.83. The maximum Gasteiger partial charge on any atom is 0.310 e. The van der Waals surface area contributed by atoms with Crippen molar-refractivity contribution in [3.05, 3.63) is 0 Å². The number of rotatable bonds is 7. The lowest BCUT2D eigenvalue weighted by Crippen LogP contribution is -2.52. The molecule has 0 aliphatic carbocycles. The van der Waals surface area contributed by atoms with E-state index >= 15 is 0 Å². The van der Waals surface area contributed by atoms with E-state index in [0.717, 1.165) is 0 Å². The Hall–Kier alpha value is -0.700. The van der Waals surface area contributed by atoms with Crippen LogP contribution in [0.3, 0.4) is 0 Å². The highest BCUT2D eigenvalue weighted by Gasteiger charge is 2.42. The monoisotopic (exact) mass is 294 g/mol. The minimum Gasteiger partial charge on any atom is -0.481 e.